The fraction of sp³-hybridized carbons (Fsp3) is 0.200. The number of hydrogen-bond acceptors (Lipinski definition) is 3. The molecule has 0 heterocycles. The first-order valence-electron chi connectivity index (χ1n) is 4.45. The maximum Gasteiger partial charge on any atom is 0.217 e. The van der Waals surface area contributed by atoms with Gasteiger partial charge in [0, 0.05) is 5.69 Å². The second-order valence-electron chi connectivity index (χ2n) is 3.16. The van der Waals surface area contributed by atoms with Crippen LogP contribution in [0.3, 0.4) is 0 Å². The van der Waals surface area contributed by atoms with Crippen molar-refractivity contribution in [1.29, 1.82) is 5.41 Å². The molecule has 1 aromatic carbocycles. The molecule has 1 atom stereocenters. The van der Waals surface area contributed by atoms with Crippen LogP contribution in [-0.4, -0.2) is 18.3 Å². The average Bonchev–Trinajstić information content (AvgIpc) is 2.20. The van der Waals surface area contributed by atoms with E-state index in [1.807, 2.05) is 12.1 Å². The molecule has 0 spiro atoms. The average molecular weight is 205 g/mol. The zero-order valence-electron chi connectivity index (χ0n) is 8.16. The Kier molecular flexibility index (Phi) is 3.82. The fourth-order valence-electron chi connectivity index (χ4n) is 1.18. The molecule has 0 unspecified atom stereocenters. The number of rotatable bonds is 4. The summed E-state index contributed by atoms with van der Waals surface area (Å²) in [6.07, 6.45) is 2.18. The minimum Gasteiger partial charge on any atom is -0.370 e. The van der Waals surface area contributed by atoms with Gasteiger partial charge < -0.3 is 16.8 Å². The second kappa shape index (κ2) is 5.11. The van der Waals surface area contributed by atoms with E-state index in [1.165, 1.54) is 0 Å². The first kappa shape index (κ1) is 11.2. The summed E-state index contributed by atoms with van der Waals surface area (Å²) in [4.78, 5) is 10.2. The monoisotopic (exact) mass is 205 g/mol. The van der Waals surface area contributed by atoms with Crippen molar-refractivity contribution in [2.24, 2.45) is 11.5 Å². The van der Waals surface area contributed by atoms with Gasteiger partial charge >= 0.3 is 0 Å². The number of carbonyl (C=O) groups excluding carboxylic acids is 1. The van der Waals surface area contributed by atoms with Crippen LogP contribution in [0.4, 0.5) is 5.69 Å². The molecule has 6 N–H and O–H groups in total. The van der Waals surface area contributed by atoms with E-state index in [0.717, 1.165) is 11.3 Å². The van der Waals surface area contributed by atoms with Gasteiger partial charge in [-0.05, 0) is 24.1 Å². The quantitative estimate of drug-likeness (QED) is 0.409. The summed E-state index contributed by atoms with van der Waals surface area (Å²) in [6.45, 7) is 0. The molecule has 1 rings (SSSR count). The van der Waals surface area contributed by atoms with E-state index in [4.69, 9.17) is 16.9 Å². The number of anilines is 1. The maximum absolute atomic E-state index is 10.2. The first-order valence-corrected chi connectivity index (χ1v) is 4.45. The molecule has 0 aliphatic carbocycles. The Balaban J connectivity index is 2.63. The van der Waals surface area contributed by atoms with Crippen molar-refractivity contribution in [1.82, 2.24) is 0 Å². The minimum atomic E-state index is -0.586. The Labute approximate surface area is 88.0 Å². The number of nitrogens with one attached hydrogen (secondary N) is 2. The molecule has 1 aromatic rings. The van der Waals surface area contributed by atoms with E-state index < -0.39 is 6.04 Å². The van der Waals surface area contributed by atoms with Crippen LogP contribution in [0.25, 0.3) is 0 Å². The van der Waals surface area contributed by atoms with Gasteiger partial charge in [-0.25, -0.2) is 0 Å². The smallest absolute Gasteiger partial charge is 0.217 e. The van der Waals surface area contributed by atoms with Crippen LogP contribution in [-0.2, 0) is 11.2 Å². The number of hydrogen-bond donors (Lipinski definition) is 4. The van der Waals surface area contributed by atoms with Gasteiger partial charge in [-0.15, -0.1) is 0 Å². The van der Waals surface area contributed by atoms with Gasteiger partial charge in [-0.3, -0.25) is 10.2 Å². The van der Waals surface area contributed by atoms with E-state index >= 15 is 0 Å². The summed E-state index contributed by atoms with van der Waals surface area (Å²) < 4.78 is 0. The molecule has 0 bridgehead atoms. The van der Waals surface area contributed by atoms with Crippen molar-refractivity contribution >= 4 is 17.9 Å². The molecule has 1 radical (unpaired) electrons. The van der Waals surface area contributed by atoms with Crippen molar-refractivity contribution in [3.8, 4) is 0 Å². The highest BCUT2D eigenvalue weighted by atomic mass is 16.1. The van der Waals surface area contributed by atoms with Gasteiger partial charge in [0.05, 0.1) is 6.04 Å². The Morgan fingerprint density at radius 2 is 2.07 bits per heavy atom. The highest BCUT2D eigenvalue weighted by Crippen LogP contribution is 2.09. The van der Waals surface area contributed by atoms with Gasteiger partial charge in [0.15, 0.2) is 5.96 Å². The molecule has 5 nitrogen and oxygen atoms in total. The molecule has 15 heavy (non-hydrogen) atoms. The molecule has 0 saturated heterocycles. The Hall–Kier alpha value is -1.88. The van der Waals surface area contributed by atoms with Crippen LogP contribution in [0, 0.1) is 5.41 Å². The third kappa shape index (κ3) is 3.78. The van der Waals surface area contributed by atoms with Crippen LogP contribution >= 0.6 is 0 Å². The Morgan fingerprint density at radius 1 is 1.47 bits per heavy atom. The largest absolute Gasteiger partial charge is 0.370 e. The summed E-state index contributed by atoms with van der Waals surface area (Å²) in [7, 11) is 0. The molecule has 0 aliphatic heterocycles. The molecule has 0 aromatic heterocycles. The predicted molar refractivity (Wildman–Crippen MR) is 59.4 cm³/mol. The van der Waals surface area contributed by atoms with Gasteiger partial charge in [-0.1, -0.05) is 12.1 Å². The summed E-state index contributed by atoms with van der Waals surface area (Å²) in [5, 5.41) is 9.68. The van der Waals surface area contributed by atoms with E-state index in [1.54, 1.807) is 18.4 Å². The van der Waals surface area contributed by atoms with Crippen molar-refractivity contribution < 1.29 is 4.79 Å². The molecule has 0 fully saturated rings. The number of benzene rings is 1. The van der Waals surface area contributed by atoms with Gasteiger partial charge in [0.2, 0.25) is 6.29 Å². The van der Waals surface area contributed by atoms with Crippen molar-refractivity contribution in [3.63, 3.8) is 0 Å². The second-order valence-corrected chi connectivity index (χ2v) is 3.16. The molecule has 0 aliphatic rings. The Bertz CT molecular complexity index is 347. The summed E-state index contributed by atoms with van der Waals surface area (Å²) in [5.41, 5.74) is 12.3. The zero-order chi connectivity index (χ0) is 11.3. The lowest BCUT2D eigenvalue weighted by Crippen LogP contribution is -2.24. The van der Waals surface area contributed by atoms with Crippen molar-refractivity contribution in [2.45, 2.75) is 12.5 Å². The number of guanidine groups is 1. The SMILES string of the molecule is N=C(N)Nc1ccc(C[C@H](N)[C]=O)cc1. The number of nitrogens with two attached hydrogens (primary N) is 2. The Morgan fingerprint density at radius 3 is 2.53 bits per heavy atom. The third-order valence-corrected chi connectivity index (χ3v) is 1.84. The van der Waals surface area contributed by atoms with Crippen molar-refractivity contribution in [2.75, 3.05) is 5.32 Å². The van der Waals surface area contributed by atoms with E-state index in [9.17, 15) is 4.79 Å². The summed E-state index contributed by atoms with van der Waals surface area (Å²) in [5.74, 6) is -0.110. The van der Waals surface area contributed by atoms with E-state index in [2.05, 4.69) is 5.32 Å². The van der Waals surface area contributed by atoms with Gasteiger partial charge in [0.25, 0.3) is 0 Å². The lowest BCUT2D eigenvalue weighted by atomic mass is 10.1. The molecule has 0 saturated carbocycles. The minimum absolute atomic E-state index is 0.110. The van der Waals surface area contributed by atoms with Crippen LogP contribution < -0.4 is 16.8 Å². The predicted octanol–water partition coefficient (Wildman–Crippen LogP) is -0.0285. The molecule has 0 amide bonds. The third-order valence-electron chi connectivity index (χ3n) is 1.84. The standard InChI is InChI=1S/C10H13N4O/c11-8(6-15)5-7-1-3-9(4-2-7)14-10(12)13/h1-4,8H,5,11H2,(H4,12,13,14)/t8-/m0/s1. The molecular formula is C10H13N4O. The maximum atomic E-state index is 10.2. The fourth-order valence-corrected chi connectivity index (χ4v) is 1.18. The lowest BCUT2D eigenvalue weighted by Gasteiger charge is -2.06. The molecule has 5 heteroatoms. The zero-order valence-corrected chi connectivity index (χ0v) is 8.16. The summed E-state index contributed by atoms with van der Waals surface area (Å²) >= 11 is 0. The highest BCUT2D eigenvalue weighted by Gasteiger charge is 2.02. The first-order chi connectivity index (χ1) is 7.11. The van der Waals surface area contributed by atoms with E-state index in [-0.39, 0.29) is 5.96 Å². The summed E-state index contributed by atoms with van der Waals surface area (Å²) in [6, 6.07) is 6.60. The van der Waals surface area contributed by atoms with Gasteiger partial charge in [-0.2, -0.15) is 0 Å². The molecular weight excluding hydrogens is 192 g/mol. The molecule has 79 valence electrons. The topological polar surface area (TPSA) is 105 Å². The van der Waals surface area contributed by atoms with Crippen LogP contribution in [0.5, 0.6) is 0 Å². The highest BCUT2D eigenvalue weighted by molar-refractivity contribution is 5.89. The van der Waals surface area contributed by atoms with Crippen LogP contribution in [0.15, 0.2) is 24.3 Å². The van der Waals surface area contributed by atoms with E-state index in [0.29, 0.717) is 6.42 Å². The lowest BCUT2D eigenvalue weighted by molar-refractivity contribution is 0.541. The van der Waals surface area contributed by atoms with Crippen molar-refractivity contribution in [3.05, 3.63) is 29.8 Å². The van der Waals surface area contributed by atoms with Crippen LogP contribution in [0.2, 0.25) is 0 Å². The van der Waals surface area contributed by atoms with Gasteiger partial charge in [0.1, 0.15) is 0 Å². The normalized spacial score (nSPS) is 11.8. The van der Waals surface area contributed by atoms with Crippen LogP contribution in [0.1, 0.15) is 5.56 Å².